The van der Waals surface area contributed by atoms with Crippen molar-refractivity contribution in [1.82, 2.24) is 15.1 Å². The number of hydrogen-bond acceptors (Lipinski definition) is 5. The maximum atomic E-state index is 12.2. The number of rotatable bonds is 4. The molecule has 0 radical (unpaired) electrons. The minimum absolute atomic E-state index is 0.0127. The first-order chi connectivity index (χ1) is 11.6. The molecule has 0 saturated carbocycles. The van der Waals surface area contributed by atoms with Gasteiger partial charge < -0.3 is 10.2 Å². The molecule has 1 aliphatic heterocycles. The van der Waals surface area contributed by atoms with Crippen molar-refractivity contribution in [2.24, 2.45) is 0 Å². The number of aryl methyl sites for hydroxylation is 2. The Kier molecular flexibility index (Phi) is 4.99. The van der Waals surface area contributed by atoms with Gasteiger partial charge in [-0.25, -0.2) is 4.68 Å². The number of nitrogens with one attached hydrogen (secondary N) is 1. The Morgan fingerprint density at radius 3 is 2.71 bits per heavy atom. The maximum Gasteiger partial charge on any atom is 0.268 e. The van der Waals surface area contributed by atoms with Crippen molar-refractivity contribution in [3.05, 3.63) is 44.5 Å². The second-order valence-corrected chi connectivity index (χ2v) is 7.30. The first-order valence-electron chi connectivity index (χ1n) is 8.26. The van der Waals surface area contributed by atoms with Gasteiger partial charge in [0.2, 0.25) is 0 Å². The number of hydrogen-bond donors (Lipinski definition) is 1. The van der Waals surface area contributed by atoms with Crippen LogP contribution in [0.1, 0.15) is 34.3 Å². The van der Waals surface area contributed by atoms with Gasteiger partial charge in [0, 0.05) is 36.6 Å². The van der Waals surface area contributed by atoms with Crippen molar-refractivity contribution in [3.8, 4) is 0 Å². The zero-order valence-corrected chi connectivity index (χ0v) is 14.8. The minimum atomic E-state index is -0.0708. The molecule has 0 atom stereocenters. The molecule has 2 aromatic rings. The Bertz CT molecular complexity index is 775. The van der Waals surface area contributed by atoms with Crippen molar-refractivity contribution in [2.45, 2.75) is 39.3 Å². The fourth-order valence-electron chi connectivity index (χ4n) is 2.93. The summed E-state index contributed by atoms with van der Waals surface area (Å²) in [5.41, 5.74) is 0.793. The molecule has 0 bridgehead atoms. The van der Waals surface area contributed by atoms with Crippen LogP contribution in [0.25, 0.3) is 0 Å². The molecule has 128 valence electrons. The first kappa shape index (κ1) is 16.7. The maximum absolute atomic E-state index is 12.2. The van der Waals surface area contributed by atoms with Crippen LogP contribution >= 0.6 is 11.3 Å². The van der Waals surface area contributed by atoms with E-state index in [2.05, 4.69) is 15.3 Å². The third kappa shape index (κ3) is 3.67. The van der Waals surface area contributed by atoms with Crippen LogP contribution < -0.4 is 15.8 Å². The third-order valence-corrected chi connectivity index (χ3v) is 5.31. The van der Waals surface area contributed by atoms with Crippen LogP contribution in [-0.2, 0) is 6.54 Å². The smallest absolute Gasteiger partial charge is 0.268 e. The van der Waals surface area contributed by atoms with E-state index < -0.39 is 0 Å². The summed E-state index contributed by atoms with van der Waals surface area (Å²) in [6, 6.07) is 5.66. The summed E-state index contributed by atoms with van der Waals surface area (Å²) in [7, 11) is 0. The quantitative estimate of drug-likeness (QED) is 0.920. The molecular formula is C17H22N4O2S. The Hall–Kier alpha value is -2.15. The van der Waals surface area contributed by atoms with E-state index in [1.54, 1.807) is 12.3 Å². The lowest BCUT2D eigenvalue weighted by atomic mass is 10.0. The standard InChI is InChI=1S/C17H22N4O2S/c1-3-21-16(22)10-14(11-18-21)20-8-6-13(7-9-20)19-17(23)15-5-4-12(2)24-15/h4-5,10-11,13H,3,6-9H2,1-2H3,(H,19,23). The number of anilines is 1. The van der Waals surface area contributed by atoms with Crippen LogP contribution in [-0.4, -0.2) is 34.8 Å². The number of carbonyl (C=O) groups excluding carboxylic acids is 1. The zero-order valence-electron chi connectivity index (χ0n) is 14.0. The van der Waals surface area contributed by atoms with Crippen molar-refractivity contribution in [1.29, 1.82) is 0 Å². The molecular weight excluding hydrogens is 324 g/mol. The summed E-state index contributed by atoms with van der Waals surface area (Å²) >= 11 is 1.52. The number of aromatic nitrogens is 2. The molecule has 1 fully saturated rings. The van der Waals surface area contributed by atoms with Crippen LogP contribution in [0.3, 0.4) is 0 Å². The molecule has 1 saturated heterocycles. The highest BCUT2D eigenvalue weighted by atomic mass is 32.1. The van der Waals surface area contributed by atoms with Gasteiger partial charge in [0.05, 0.1) is 16.8 Å². The monoisotopic (exact) mass is 346 g/mol. The molecule has 3 heterocycles. The lowest BCUT2D eigenvalue weighted by Gasteiger charge is -2.33. The Balaban J connectivity index is 1.56. The largest absolute Gasteiger partial charge is 0.370 e. The molecule has 7 heteroatoms. The van der Waals surface area contributed by atoms with Crippen LogP contribution in [0.2, 0.25) is 0 Å². The average molecular weight is 346 g/mol. The number of thiophene rings is 1. The van der Waals surface area contributed by atoms with Crippen molar-refractivity contribution < 1.29 is 4.79 Å². The van der Waals surface area contributed by atoms with E-state index in [1.165, 1.54) is 16.0 Å². The van der Waals surface area contributed by atoms with Crippen LogP contribution in [0.5, 0.6) is 0 Å². The van der Waals surface area contributed by atoms with Gasteiger partial charge in [0.15, 0.2) is 0 Å². The predicted molar refractivity (Wildman–Crippen MR) is 95.9 cm³/mol. The van der Waals surface area contributed by atoms with E-state index in [0.717, 1.165) is 41.4 Å². The predicted octanol–water partition coefficient (Wildman–Crippen LogP) is 2.03. The van der Waals surface area contributed by atoms with Crippen molar-refractivity contribution in [3.63, 3.8) is 0 Å². The SMILES string of the molecule is CCn1ncc(N2CCC(NC(=O)c3ccc(C)s3)CC2)cc1=O. The van der Waals surface area contributed by atoms with Gasteiger partial charge >= 0.3 is 0 Å². The van der Waals surface area contributed by atoms with Gasteiger partial charge in [-0.3, -0.25) is 9.59 Å². The second kappa shape index (κ2) is 7.17. The molecule has 0 unspecified atom stereocenters. The average Bonchev–Trinajstić information content (AvgIpc) is 3.02. The first-order valence-corrected chi connectivity index (χ1v) is 9.08. The summed E-state index contributed by atoms with van der Waals surface area (Å²) in [4.78, 5) is 28.2. The normalized spacial score (nSPS) is 15.5. The third-order valence-electron chi connectivity index (χ3n) is 4.31. The molecule has 0 aliphatic carbocycles. The highest BCUT2D eigenvalue weighted by Crippen LogP contribution is 2.19. The topological polar surface area (TPSA) is 67.2 Å². The second-order valence-electron chi connectivity index (χ2n) is 6.01. The Labute approximate surface area is 145 Å². The van der Waals surface area contributed by atoms with Crippen molar-refractivity contribution in [2.75, 3.05) is 18.0 Å². The van der Waals surface area contributed by atoms with Crippen LogP contribution in [0.4, 0.5) is 5.69 Å². The lowest BCUT2D eigenvalue weighted by Crippen LogP contribution is -2.45. The number of amides is 1. The fourth-order valence-corrected chi connectivity index (χ4v) is 3.70. The molecule has 3 rings (SSSR count). The van der Waals surface area contributed by atoms with Crippen molar-refractivity contribution >= 4 is 22.9 Å². The highest BCUT2D eigenvalue weighted by Gasteiger charge is 2.22. The lowest BCUT2D eigenvalue weighted by molar-refractivity contribution is 0.0935. The van der Waals surface area contributed by atoms with Crippen LogP contribution in [0, 0.1) is 6.92 Å². The zero-order chi connectivity index (χ0) is 17.1. The van der Waals surface area contributed by atoms with E-state index in [1.807, 2.05) is 26.0 Å². The molecule has 0 spiro atoms. The summed E-state index contributed by atoms with van der Waals surface area (Å²) in [6.45, 7) is 6.10. The molecule has 24 heavy (non-hydrogen) atoms. The Morgan fingerprint density at radius 1 is 1.38 bits per heavy atom. The number of nitrogens with zero attached hydrogens (tertiary/aromatic N) is 3. The van der Waals surface area contributed by atoms with E-state index in [4.69, 9.17) is 0 Å². The molecule has 0 aromatic carbocycles. The van der Waals surface area contributed by atoms with E-state index in [-0.39, 0.29) is 17.5 Å². The van der Waals surface area contributed by atoms with Gasteiger partial charge in [0.25, 0.3) is 11.5 Å². The number of piperidine rings is 1. The summed E-state index contributed by atoms with van der Waals surface area (Å²) in [5, 5.41) is 7.29. The van der Waals surface area contributed by atoms with Gasteiger partial charge in [-0.05, 0) is 38.8 Å². The minimum Gasteiger partial charge on any atom is -0.370 e. The molecule has 2 aromatic heterocycles. The number of carbonyl (C=O) groups is 1. The summed E-state index contributed by atoms with van der Waals surface area (Å²) in [5.74, 6) is 0.0127. The summed E-state index contributed by atoms with van der Waals surface area (Å²) in [6.07, 6.45) is 3.48. The van der Waals surface area contributed by atoms with E-state index in [0.29, 0.717) is 6.54 Å². The highest BCUT2D eigenvalue weighted by molar-refractivity contribution is 7.13. The molecule has 1 aliphatic rings. The van der Waals surface area contributed by atoms with Gasteiger partial charge in [-0.15, -0.1) is 11.3 Å². The molecule has 6 nitrogen and oxygen atoms in total. The van der Waals surface area contributed by atoms with Gasteiger partial charge in [-0.2, -0.15) is 5.10 Å². The van der Waals surface area contributed by atoms with Gasteiger partial charge in [0.1, 0.15) is 0 Å². The fraction of sp³-hybridized carbons (Fsp3) is 0.471. The van der Waals surface area contributed by atoms with E-state index >= 15 is 0 Å². The molecule has 1 amide bonds. The van der Waals surface area contributed by atoms with Gasteiger partial charge in [-0.1, -0.05) is 0 Å². The Morgan fingerprint density at radius 2 is 2.12 bits per heavy atom. The van der Waals surface area contributed by atoms with E-state index in [9.17, 15) is 9.59 Å². The van der Waals surface area contributed by atoms with Crippen LogP contribution in [0.15, 0.2) is 29.2 Å². The summed E-state index contributed by atoms with van der Waals surface area (Å²) < 4.78 is 1.44. The molecule has 1 N–H and O–H groups in total.